The number of para-hydroxylation sites is 1. The summed E-state index contributed by atoms with van der Waals surface area (Å²) in [6.07, 6.45) is 3.76. The number of nitrogens with zero attached hydrogens (tertiary/aromatic N) is 4. The maximum Gasteiger partial charge on any atom is 0.338 e. The maximum absolute atomic E-state index is 14.2. The van der Waals surface area contributed by atoms with Crippen LogP contribution in [0.15, 0.2) is 106 Å². The number of thiazole rings is 1. The molecule has 1 unspecified atom stereocenters. The zero-order chi connectivity index (χ0) is 31.5. The molecule has 0 bridgehead atoms. The Bertz CT molecular complexity index is 2060. The Morgan fingerprint density at radius 1 is 0.956 bits per heavy atom. The van der Waals surface area contributed by atoms with Gasteiger partial charge < -0.3 is 14.2 Å². The van der Waals surface area contributed by atoms with Gasteiger partial charge in [0.25, 0.3) is 5.56 Å². The Kier molecular flexibility index (Phi) is 8.48. The van der Waals surface area contributed by atoms with Crippen LogP contribution in [0.2, 0.25) is 0 Å². The highest BCUT2D eigenvalue weighted by molar-refractivity contribution is 7.07. The summed E-state index contributed by atoms with van der Waals surface area (Å²) >= 11 is 1.27. The first kappa shape index (κ1) is 29.8. The first-order chi connectivity index (χ1) is 21.9. The third kappa shape index (κ3) is 5.84. The molecule has 0 N–H and O–H groups in total. The van der Waals surface area contributed by atoms with Crippen molar-refractivity contribution < 1.29 is 19.0 Å². The van der Waals surface area contributed by atoms with Gasteiger partial charge in [-0.05, 0) is 80.9 Å². The number of carbonyl (C=O) groups excluding carboxylic acids is 1. The standard InChI is InChI=1S/C35H32N4O5S/c1-5-43-28-18-12-23(13-19-28)31-25(21-38(37-31)26-10-8-7-9-11-26)20-29-33(40)39-32(24-14-16-27(42-4)17-15-24)30(34(41)44-6-2)22(3)36-35(39)45-29/h7-21,32H,5-6H2,1-4H3/b29-20-. The van der Waals surface area contributed by atoms with Gasteiger partial charge in [0, 0.05) is 17.3 Å². The average Bonchev–Trinajstić information content (AvgIpc) is 3.62. The molecular formula is C35H32N4O5S. The molecule has 0 aliphatic carbocycles. The van der Waals surface area contributed by atoms with Gasteiger partial charge in [-0.15, -0.1) is 0 Å². The number of hydrogen-bond donors (Lipinski definition) is 0. The van der Waals surface area contributed by atoms with Gasteiger partial charge in [0.05, 0.1) is 47.9 Å². The van der Waals surface area contributed by atoms with E-state index in [1.165, 1.54) is 11.3 Å². The molecule has 3 heterocycles. The van der Waals surface area contributed by atoms with Crippen LogP contribution in [0.4, 0.5) is 0 Å². The van der Waals surface area contributed by atoms with Crippen molar-refractivity contribution in [2.75, 3.05) is 20.3 Å². The number of rotatable bonds is 9. The number of allylic oxidation sites excluding steroid dienone is 1. The Morgan fingerprint density at radius 2 is 1.67 bits per heavy atom. The number of hydrogen-bond acceptors (Lipinski definition) is 8. The first-order valence-electron chi connectivity index (χ1n) is 14.6. The van der Waals surface area contributed by atoms with Crippen molar-refractivity contribution >= 4 is 23.4 Å². The lowest BCUT2D eigenvalue weighted by atomic mass is 9.96. The lowest BCUT2D eigenvalue weighted by Crippen LogP contribution is -2.39. The van der Waals surface area contributed by atoms with Crippen LogP contribution in [0.1, 0.15) is 37.9 Å². The molecule has 0 spiro atoms. The van der Waals surface area contributed by atoms with E-state index >= 15 is 0 Å². The first-order valence-corrected chi connectivity index (χ1v) is 15.5. The van der Waals surface area contributed by atoms with E-state index in [1.54, 1.807) is 30.2 Å². The van der Waals surface area contributed by atoms with Gasteiger partial charge in [-0.2, -0.15) is 5.10 Å². The lowest BCUT2D eigenvalue weighted by Gasteiger charge is -2.24. The molecule has 0 fully saturated rings. The molecule has 228 valence electrons. The second kappa shape index (κ2) is 12.8. The normalized spacial score (nSPS) is 14.6. The van der Waals surface area contributed by atoms with Crippen molar-refractivity contribution in [3.63, 3.8) is 0 Å². The number of esters is 1. The van der Waals surface area contributed by atoms with E-state index in [9.17, 15) is 9.59 Å². The molecule has 0 radical (unpaired) electrons. The smallest absolute Gasteiger partial charge is 0.338 e. The topological polar surface area (TPSA) is 96.9 Å². The number of carbonyl (C=O) groups is 1. The molecule has 5 aromatic rings. The van der Waals surface area contributed by atoms with Crippen LogP contribution in [0.3, 0.4) is 0 Å². The summed E-state index contributed by atoms with van der Waals surface area (Å²) in [6.45, 7) is 6.24. The lowest BCUT2D eigenvalue weighted by molar-refractivity contribution is -0.139. The highest BCUT2D eigenvalue weighted by atomic mass is 32.1. The van der Waals surface area contributed by atoms with E-state index in [1.807, 2.05) is 98.1 Å². The molecule has 1 aliphatic heterocycles. The fourth-order valence-electron chi connectivity index (χ4n) is 5.34. The van der Waals surface area contributed by atoms with Gasteiger partial charge in [0.1, 0.15) is 17.2 Å². The highest BCUT2D eigenvalue weighted by Gasteiger charge is 2.33. The molecule has 0 saturated carbocycles. The number of aromatic nitrogens is 3. The zero-order valence-corrected chi connectivity index (χ0v) is 26.2. The molecule has 3 aromatic carbocycles. The largest absolute Gasteiger partial charge is 0.497 e. The predicted octanol–water partition coefficient (Wildman–Crippen LogP) is 5.06. The van der Waals surface area contributed by atoms with Crippen molar-refractivity contribution in [3.05, 3.63) is 127 Å². The summed E-state index contributed by atoms with van der Waals surface area (Å²) in [6, 6.07) is 24.1. The number of benzene rings is 3. The Morgan fingerprint density at radius 3 is 2.33 bits per heavy atom. The third-order valence-electron chi connectivity index (χ3n) is 7.44. The summed E-state index contributed by atoms with van der Waals surface area (Å²) in [7, 11) is 1.59. The average molecular weight is 621 g/mol. The van der Waals surface area contributed by atoms with E-state index in [0.717, 1.165) is 28.1 Å². The van der Waals surface area contributed by atoms with Crippen LogP contribution in [0, 0.1) is 0 Å². The molecule has 1 atom stereocenters. The molecule has 2 aromatic heterocycles. The Hall–Kier alpha value is -5.22. The molecule has 45 heavy (non-hydrogen) atoms. The fourth-order valence-corrected chi connectivity index (χ4v) is 6.38. The van der Waals surface area contributed by atoms with Crippen LogP contribution in [0.5, 0.6) is 11.5 Å². The van der Waals surface area contributed by atoms with E-state index in [4.69, 9.17) is 24.3 Å². The van der Waals surface area contributed by atoms with E-state index < -0.39 is 12.0 Å². The van der Waals surface area contributed by atoms with Gasteiger partial charge in [-0.25, -0.2) is 14.5 Å². The molecule has 10 heteroatoms. The zero-order valence-electron chi connectivity index (χ0n) is 25.4. The fraction of sp³-hybridized carbons (Fsp3) is 0.200. The minimum absolute atomic E-state index is 0.203. The highest BCUT2D eigenvalue weighted by Crippen LogP contribution is 2.32. The van der Waals surface area contributed by atoms with Crippen molar-refractivity contribution in [2.45, 2.75) is 26.8 Å². The van der Waals surface area contributed by atoms with Gasteiger partial charge in [0.15, 0.2) is 4.80 Å². The van der Waals surface area contributed by atoms with Crippen LogP contribution < -0.4 is 24.4 Å². The molecule has 1 aliphatic rings. The molecule has 6 rings (SSSR count). The van der Waals surface area contributed by atoms with Crippen LogP contribution >= 0.6 is 11.3 Å². The minimum Gasteiger partial charge on any atom is -0.497 e. The monoisotopic (exact) mass is 620 g/mol. The number of ether oxygens (including phenoxy) is 3. The second-order valence-electron chi connectivity index (χ2n) is 10.2. The summed E-state index contributed by atoms with van der Waals surface area (Å²) in [4.78, 5) is 32.7. The third-order valence-corrected chi connectivity index (χ3v) is 8.42. The summed E-state index contributed by atoms with van der Waals surface area (Å²) in [5.74, 6) is 0.933. The predicted molar refractivity (Wildman–Crippen MR) is 174 cm³/mol. The summed E-state index contributed by atoms with van der Waals surface area (Å²) in [5.41, 5.74) is 4.55. The quantitative estimate of drug-likeness (QED) is 0.214. The van der Waals surface area contributed by atoms with Gasteiger partial charge in [-0.3, -0.25) is 9.36 Å². The van der Waals surface area contributed by atoms with Crippen molar-refractivity contribution in [2.24, 2.45) is 4.99 Å². The van der Waals surface area contributed by atoms with Gasteiger partial charge in [-0.1, -0.05) is 41.7 Å². The minimum atomic E-state index is -0.717. The van der Waals surface area contributed by atoms with Crippen molar-refractivity contribution in [1.29, 1.82) is 0 Å². The van der Waals surface area contributed by atoms with Crippen LogP contribution in [0.25, 0.3) is 23.0 Å². The number of methoxy groups -OCH3 is 1. The molecular weight excluding hydrogens is 588 g/mol. The van der Waals surface area contributed by atoms with Crippen molar-refractivity contribution in [3.8, 4) is 28.4 Å². The summed E-state index contributed by atoms with van der Waals surface area (Å²) in [5, 5.41) is 4.92. The second-order valence-corrected chi connectivity index (χ2v) is 11.3. The van der Waals surface area contributed by atoms with Gasteiger partial charge >= 0.3 is 5.97 Å². The SMILES string of the molecule is CCOC(=O)C1=C(C)N=c2s/c(=C\c3cn(-c4ccccc4)nc3-c3ccc(OCC)cc3)c(=O)n2C1c1ccc(OC)cc1. The molecule has 0 amide bonds. The maximum atomic E-state index is 14.2. The molecule has 0 saturated heterocycles. The van der Waals surface area contributed by atoms with E-state index in [2.05, 4.69) is 0 Å². The van der Waals surface area contributed by atoms with Crippen LogP contribution in [-0.4, -0.2) is 40.6 Å². The Labute approximate surface area is 264 Å². The summed E-state index contributed by atoms with van der Waals surface area (Å²) < 4.78 is 20.2. The number of fused-ring (bicyclic) bond motifs is 1. The Balaban J connectivity index is 1.53. The van der Waals surface area contributed by atoms with E-state index in [-0.39, 0.29) is 12.2 Å². The van der Waals surface area contributed by atoms with Gasteiger partial charge in [0.2, 0.25) is 0 Å². The van der Waals surface area contributed by atoms with Crippen LogP contribution in [-0.2, 0) is 9.53 Å². The van der Waals surface area contributed by atoms with Crippen molar-refractivity contribution in [1.82, 2.24) is 14.3 Å². The molecule has 9 nitrogen and oxygen atoms in total. The van der Waals surface area contributed by atoms with E-state index in [0.29, 0.717) is 38.7 Å².